The molecule has 1 atom stereocenters. The van der Waals surface area contributed by atoms with E-state index in [-0.39, 0.29) is 11.9 Å². The molecule has 3 N–H and O–H groups in total. The van der Waals surface area contributed by atoms with E-state index in [1.807, 2.05) is 36.4 Å². The van der Waals surface area contributed by atoms with Gasteiger partial charge in [0.1, 0.15) is 5.75 Å². The number of carbonyl (C=O) groups excluding carboxylic acids is 2. The molecule has 6 nitrogen and oxygen atoms in total. The molecule has 0 spiro atoms. The van der Waals surface area contributed by atoms with Gasteiger partial charge in [-0.2, -0.15) is 0 Å². The molecular formula is C19H18BrN3O3. The lowest BCUT2D eigenvalue weighted by atomic mass is 9.95. The molecule has 2 aromatic rings. The predicted molar refractivity (Wildman–Crippen MR) is 103 cm³/mol. The average molecular weight is 416 g/mol. The molecule has 0 aromatic heterocycles. The summed E-state index contributed by atoms with van der Waals surface area (Å²) in [6, 6.07) is 13.7. The van der Waals surface area contributed by atoms with Gasteiger partial charge < -0.3 is 20.7 Å². The van der Waals surface area contributed by atoms with Gasteiger partial charge in [-0.25, -0.2) is 4.79 Å². The molecule has 3 amide bonds. The minimum absolute atomic E-state index is 0.313. The van der Waals surface area contributed by atoms with Crippen molar-refractivity contribution in [1.29, 1.82) is 0 Å². The number of hydrogen-bond donors (Lipinski definition) is 3. The quantitative estimate of drug-likeness (QED) is 0.711. The summed E-state index contributed by atoms with van der Waals surface area (Å²) in [5.41, 5.74) is 2.33. The summed E-state index contributed by atoms with van der Waals surface area (Å²) in [7, 11) is 1.54. The summed E-state index contributed by atoms with van der Waals surface area (Å²) in [6.07, 6.45) is 0. The van der Waals surface area contributed by atoms with Crippen LogP contribution in [0.1, 0.15) is 18.5 Å². The maximum Gasteiger partial charge on any atom is 0.319 e. The SMILES string of the molecule is COc1ccccc1NC(=O)C1=C(C)NC(=O)NC1c1ccc(Br)cc1. The van der Waals surface area contributed by atoms with Gasteiger partial charge in [0.15, 0.2) is 0 Å². The van der Waals surface area contributed by atoms with Crippen LogP contribution >= 0.6 is 15.9 Å². The van der Waals surface area contributed by atoms with Crippen LogP contribution in [-0.4, -0.2) is 19.0 Å². The molecule has 0 radical (unpaired) electrons. The van der Waals surface area contributed by atoms with E-state index in [2.05, 4.69) is 31.9 Å². The number of benzene rings is 2. The summed E-state index contributed by atoms with van der Waals surface area (Å²) in [4.78, 5) is 24.9. The molecule has 134 valence electrons. The maximum absolute atomic E-state index is 13.0. The van der Waals surface area contributed by atoms with Crippen LogP contribution in [0.15, 0.2) is 64.3 Å². The van der Waals surface area contributed by atoms with E-state index in [9.17, 15) is 9.59 Å². The van der Waals surface area contributed by atoms with Gasteiger partial charge in [0, 0.05) is 10.2 Å². The van der Waals surface area contributed by atoms with Gasteiger partial charge in [0.05, 0.1) is 24.4 Å². The molecule has 1 aliphatic rings. The van der Waals surface area contributed by atoms with Crippen molar-refractivity contribution < 1.29 is 14.3 Å². The second-order valence-electron chi connectivity index (χ2n) is 5.78. The first-order chi connectivity index (χ1) is 12.5. The van der Waals surface area contributed by atoms with Gasteiger partial charge in [-0.3, -0.25) is 4.79 Å². The third kappa shape index (κ3) is 3.72. The average Bonchev–Trinajstić information content (AvgIpc) is 2.62. The number of nitrogens with one attached hydrogen (secondary N) is 3. The zero-order valence-electron chi connectivity index (χ0n) is 14.3. The zero-order valence-corrected chi connectivity index (χ0v) is 15.9. The summed E-state index contributed by atoms with van der Waals surface area (Å²) in [6.45, 7) is 1.71. The van der Waals surface area contributed by atoms with E-state index in [0.29, 0.717) is 22.7 Å². The minimum atomic E-state index is -0.549. The van der Waals surface area contributed by atoms with Crippen molar-refractivity contribution >= 4 is 33.6 Å². The van der Waals surface area contributed by atoms with Crippen LogP contribution in [0.4, 0.5) is 10.5 Å². The Balaban J connectivity index is 1.95. The van der Waals surface area contributed by atoms with Crippen molar-refractivity contribution in [2.24, 2.45) is 0 Å². The topological polar surface area (TPSA) is 79.5 Å². The highest BCUT2D eigenvalue weighted by molar-refractivity contribution is 9.10. The Labute approximate surface area is 159 Å². The van der Waals surface area contributed by atoms with E-state index in [0.717, 1.165) is 10.0 Å². The zero-order chi connectivity index (χ0) is 18.7. The smallest absolute Gasteiger partial charge is 0.319 e. The Morgan fingerprint density at radius 1 is 1.15 bits per heavy atom. The molecule has 3 rings (SSSR count). The largest absolute Gasteiger partial charge is 0.495 e. The first-order valence-corrected chi connectivity index (χ1v) is 8.77. The number of urea groups is 1. The van der Waals surface area contributed by atoms with Crippen LogP contribution in [0.3, 0.4) is 0 Å². The molecule has 1 heterocycles. The fraction of sp³-hybridized carbons (Fsp3) is 0.158. The number of hydrogen-bond acceptors (Lipinski definition) is 3. The summed E-state index contributed by atoms with van der Waals surface area (Å²) >= 11 is 3.39. The van der Waals surface area contributed by atoms with Crippen molar-refractivity contribution in [2.45, 2.75) is 13.0 Å². The van der Waals surface area contributed by atoms with Gasteiger partial charge in [0.2, 0.25) is 0 Å². The van der Waals surface area contributed by atoms with Gasteiger partial charge in [-0.15, -0.1) is 0 Å². The monoisotopic (exact) mass is 415 g/mol. The molecule has 0 fully saturated rings. The predicted octanol–water partition coefficient (Wildman–Crippen LogP) is 3.72. The van der Waals surface area contributed by atoms with Crippen LogP contribution < -0.4 is 20.7 Å². The molecule has 1 unspecified atom stereocenters. The van der Waals surface area contributed by atoms with Crippen LogP contribution in [-0.2, 0) is 4.79 Å². The number of carbonyl (C=O) groups is 2. The standard InChI is InChI=1S/C19H18BrN3O3/c1-11-16(18(24)22-14-5-3-4-6-15(14)26-2)17(23-19(25)21-11)12-7-9-13(20)10-8-12/h3-10,17H,1-2H3,(H,22,24)(H2,21,23,25). The van der Waals surface area contributed by atoms with Crippen molar-refractivity contribution in [3.05, 3.63) is 69.8 Å². The van der Waals surface area contributed by atoms with E-state index < -0.39 is 6.04 Å². The van der Waals surface area contributed by atoms with E-state index >= 15 is 0 Å². The molecule has 0 aliphatic carbocycles. The lowest BCUT2D eigenvalue weighted by Crippen LogP contribution is -2.45. The molecule has 1 aliphatic heterocycles. The van der Waals surface area contributed by atoms with Crippen molar-refractivity contribution in [3.8, 4) is 5.75 Å². The summed E-state index contributed by atoms with van der Waals surface area (Å²) in [5.74, 6) is 0.250. The Bertz CT molecular complexity index is 878. The summed E-state index contributed by atoms with van der Waals surface area (Å²) < 4.78 is 6.20. The van der Waals surface area contributed by atoms with Crippen molar-refractivity contribution in [2.75, 3.05) is 12.4 Å². The Hall–Kier alpha value is -2.80. The lowest BCUT2D eigenvalue weighted by molar-refractivity contribution is -0.113. The molecular weight excluding hydrogens is 398 g/mol. The Morgan fingerprint density at radius 3 is 2.54 bits per heavy atom. The van der Waals surface area contributed by atoms with Gasteiger partial charge in [0.25, 0.3) is 5.91 Å². The van der Waals surface area contributed by atoms with Crippen molar-refractivity contribution in [3.63, 3.8) is 0 Å². The van der Waals surface area contributed by atoms with Crippen LogP contribution in [0.2, 0.25) is 0 Å². The highest BCUT2D eigenvalue weighted by Gasteiger charge is 2.31. The van der Waals surface area contributed by atoms with E-state index in [4.69, 9.17) is 4.74 Å². The maximum atomic E-state index is 13.0. The lowest BCUT2D eigenvalue weighted by Gasteiger charge is -2.28. The highest BCUT2D eigenvalue weighted by atomic mass is 79.9. The van der Waals surface area contributed by atoms with Crippen LogP contribution in [0.5, 0.6) is 5.75 Å². The number of methoxy groups -OCH3 is 1. The fourth-order valence-electron chi connectivity index (χ4n) is 2.84. The molecule has 0 bridgehead atoms. The number of amides is 3. The number of rotatable bonds is 4. The van der Waals surface area contributed by atoms with E-state index in [1.54, 1.807) is 26.2 Å². The highest BCUT2D eigenvalue weighted by Crippen LogP contribution is 2.30. The molecule has 0 saturated carbocycles. The van der Waals surface area contributed by atoms with Crippen LogP contribution in [0, 0.1) is 0 Å². The van der Waals surface area contributed by atoms with E-state index in [1.165, 1.54) is 0 Å². The first-order valence-electron chi connectivity index (χ1n) is 7.97. The van der Waals surface area contributed by atoms with Gasteiger partial charge in [-0.05, 0) is 36.8 Å². The second kappa shape index (κ2) is 7.61. The van der Waals surface area contributed by atoms with Gasteiger partial charge in [-0.1, -0.05) is 40.2 Å². The number of ether oxygens (including phenoxy) is 1. The number of anilines is 1. The molecule has 7 heteroatoms. The van der Waals surface area contributed by atoms with Crippen molar-refractivity contribution in [1.82, 2.24) is 10.6 Å². The van der Waals surface area contributed by atoms with Crippen LogP contribution in [0.25, 0.3) is 0 Å². The Kier molecular flexibility index (Phi) is 5.27. The number of para-hydroxylation sites is 2. The Morgan fingerprint density at radius 2 is 1.85 bits per heavy atom. The second-order valence-corrected chi connectivity index (χ2v) is 6.69. The fourth-order valence-corrected chi connectivity index (χ4v) is 3.10. The first kappa shape index (κ1) is 18.0. The molecule has 0 saturated heterocycles. The third-order valence-corrected chi connectivity index (χ3v) is 4.60. The number of halogens is 1. The minimum Gasteiger partial charge on any atom is -0.495 e. The molecule has 26 heavy (non-hydrogen) atoms. The molecule has 2 aromatic carbocycles. The normalized spacial score (nSPS) is 16.6. The van der Waals surface area contributed by atoms with Gasteiger partial charge >= 0.3 is 6.03 Å². The number of allylic oxidation sites excluding steroid dienone is 1. The summed E-state index contributed by atoms with van der Waals surface area (Å²) in [5, 5.41) is 8.34. The third-order valence-electron chi connectivity index (χ3n) is 4.07.